The van der Waals surface area contributed by atoms with Crippen molar-refractivity contribution in [3.05, 3.63) is 21.3 Å². The molecule has 0 aliphatic carbocycles. The van der Waals surface area contributed by atoms with Crippen LogP contribution in [0.4, 0.5) is 0 Å². The van der Waals surface area contributed by atoms with E-state index in [-0.39, 0.29) is 29.8 Å². The Bertz CT molecular complexity index is 320. The van der Waals surface area contributed by atoms with Gasteiger partial charge in [-0.15, -0.1) is 24.0 Å². The highest BCUT2D eigenvalue weighted by molar-refractivity contribution is 14.1. The van der Waals surface area contributed by atoms with Crippen molar-refractivity contribution in [1.82, 2.24) is 9.97 Å². The quantitative estimate of drug-likeness (QED) is 0.566. The summed E-state index contributed by atoms with van der Waals surface area (Å²) in [4.78, 5) is 8.01. The molecule has 0 spiro atoms. The third kappa shape index (κ3) is 4.17. The van der Waals surface area contributed by atoms with Gasteiger partial charge in [-0.1, -0.05) is 13.3 Å². The van der Waals surface area contributed by atoms with Gasteiger partial charge in [-0.05, 0) is 35.1 Å². The Hall–Kier alpha value is 0.0300. The van der Waals surface area contributed by atoms with E-state index in [4.69, 9.17) is 5.26 Å². The summed E-state index contributed by atoms with van der Waals surface area (Å²) in [6.07, 6.45) is 1.95. The summed E-state index contributed by atoms with van der Waals surface area (Å²) in [6, 6.07) is 3.85. The Labute approximate surface area is 108 Å². The van der Waals surface area contributed by atoms with Gasteiger partial charge in [0.2, 0.25) is 5.82 Å². The second kappa shape index (κ2) is 6.48. The topological polar surface area (TPSA) is 49.6 Å². The maximum atomic E-state index is 8.58. The van der Waals surface area contributed by atoms with E-state index in [1.165, 1.54) is 0 Å². The molecule has 0 aliphatic heterocycles. The lowest BCUT2D eigenvalue weighted by Crippen LogP contribution is -1.97. The fraction of sp³-hybridized carbons (Fsp3) is 0.375. The maximum Gasteiger partial charge on any atom is 0.233 e. The highest BCUT2D eigenvalue weighted by Crippen LogP contribution is 2.05. The molecule has 3 nitrogen and oxygen atoms in total. The zero-order valence-corrected chi connectivity index (χ0v) is 11.6. The minimum atomic E-state index is 0. The summed E-state index contributed by atoms with van der Waals surface area (Å²) < 4.78 is 0.836. The number of rotatable bonds is 2. The van der Waals surface area contributed by atoms with E-state index in [2.05, 4.69) is 39.5 Å². The van der Waals surface area contributed by atoms with Crippen LogP contribution in [0, 0.1) is 15.0 Å². The first kappa shape index (κ1) is 13.0. The molecule has 0 amide bonds. The van der Waals surface area contributed by atoms with Gasteiger partial charge in [-0.2, -0.15) is 5.26 Å². The zero-order chi connectivity index (χ0) is 8.97. The number of nitriles is 1. The molecule has 0 atom stereocenters. The maximum absolute atomic E-state index is 8.58. The number of hydrogen-bond acceptors (Lipinski definition) is 3. The lowest BCUT2D eigenvalue weighted by Gasteiger charge is -1.97. The third-order valence-electron chi connectivity index (χ3n) is 1.35. The minimum absolute atomic E-state index is 0. The van der Waals surface area contributed by atoms with Crippen molar-refractivity contribution in [2.45, 2.75) is 19.8 Å². The first-order valence-corrected chi connectivity index (χ1v) is 4.77. The summed E-state index contributed by atoms with van der Waals surface area (Å²) in [6.45, 7) is 2.08. The van der Waals surface area contributed by atoms with Gasteiger partial charge in [0.15, 0.2) is 0 Å². The first-order chi connectivity index (χ1) is 5.76. The molecule has 1 rings (SSSR count). The van der Waals surface area contributed by atoms with Gasteiger partial charge in [-0.25, -0.2) is 9.97 Å². The second-order valence-electron chi connectivity index (χ2n) is 2.37. The van der Waals surface area contributed by atoms with Gasteiger partial charge in [0.1, 0.15) is 9.77 Å². The van der Waals surface area contributed by atoms with Crippen LogP contribution in [-0.4, -0.2) is 9.97 Å². The van der Waals surface area contributed by atoms with Crippen LogP contribution in [0.3, 0.4) is 0 Å². The van der Waals surface area contributed by atoms with E-state index in [0.29, 0.717) is 0 Å². The van der Waals surface area contributed by atoms with Gasteiger partial charge >= 0.3 is 0 Å². The highest BCUT2D eigenvalue weighted by Gasteiger charge is 2.00. The van der Waals surface area contributed by atoms with Crippen LogP contribution in [0.1, 0.15) is 24.9 Å². The molecular weight excluding hydrogens is 392 g/mol. The summed E-state index contributed by atoms with van der Waals surface area (Å²) in [5.74, 6) is 0.269. The minimum Gasteiger partial charge on any atom is -0.224 e. The van der Waals surface area contributed by atoms with Gasteiger partial charge in [0.25, 0.3) is 0 Å². The van der Waals surface area contributed by atoms with Crippen molar-refractivity contribution in [2.75, 3.05) is 0 Å². The fourth-order valence-electron chi connectivity index (χ4n) is 0.898. The van der Waals surface area contributed by atoms with Crippen molar-refractivity contribution < 1.29 is 0 Å². The van der Waals surface area contributed by atoms with Crippen molar-refractivity contribution in [1.29, 1.82) is 5.26 Å². The molecule has 0 aliphatic rings. The van der Waals surface area contributed by atoms with Gasteiger partial charge in [0, 0.05) is 5.69 Å². The van der Waals surface area contributed by atoms with E-state index >= 15 is 0 Å². The molecular formula is C8H9I2N3. The smallest absolute Gasteiger partial charge is 0.224 e. The monoisotopic (exact) mass is 401 g/mol. The van der Waals surface area contributed by atoms with E-state index in [1.807, 2.05) is 12.1 Å². The largest absolute Gasteiger partial charge is 0.233 e. The molecule has 0 unspecified atom stereocenters. The number of hydrogen-bond donors (Lipinski definition) is 0. The van der Waals surface area contributed by atoms with Crippen LogP contribution in [0.15, 0.2) is 6.07 Å². The Morgan fingerprint density at radius 2 is 2.23 bits per heavy atom. The molecule has 1 aromatic rings. The van der Waals surface area contributed by atoms with Gasteiger partial charge in [-0.3, -0.25) is 0 Å². The van der Waals surface area contributed by atoms with Crippen LogP contribution < -0.4 is 0 Å². The Morgan fingerprint density at radius 1 is 1.54 bits per heavy atom. The first-order valence-electron chi connectivity index (χ1n) is 3.70. The number of halogens is 2. The number of aromatic nitrogens is 2. The molecule has 0 saturated carbocycles. The van der Waals surface area contributed by atoms with Crippen LogP contribution in [0.5, 0.6) is 0 Å². The van der Waals surface area contributed by atoms with Crippen LogP contribution >= 0.6 is 46.6 Å². The van der Waals surface area contributed by atoms with Crippen LogP contribution in [0.25, 0.3) is 0 Å². The van der Waals surface area contributed by atoms with Crippen molar-refractivity contribution >= 4 is 46.6 Å². The lowest BCUT2D eigenvalue weighted by atomic mass is 10.2. The van der Waals surface area contributed by atoms with Gasteiger partial charge in [0.05, 0.1) is 0 Å². The molecule has 0 bridgehead atoms. The molecule has 70 valence electrons. The molecule has 0 radical (unpaired) electrons. The summed E-state index contributed by atoms with van der Waals surface area (Å²) in [5, 5.41) is 8.58. The van der Waals surface area contributed by atoms with Crippen molar-refractivity contribution in [3.8, 4) is 6.07 Å². The molecule has 1 aromatic heterocycles. The predicted molar refractivity (Wildman–Crippen MR) is 68.9 cm³/mol. The summed E-state index contributed by atoms with van der Waals surface area (Å²) in [7, 11) is 0. The standard InChI is InChI=1S/C8H8IN3.HI/c1-2-3-6-4-7(9)12-8(5-10)11-6;/h4H,2-3H2,1H3;1H. The fourth-order valence-corrected chi connectivity index (χ4v) is 1.49. The molecule has 0 aromatic carbocycles. The van der Waals surface area contributed by atoms with Crippen LogP contribution in [-0.2, 0) is 6.42 Å². The SMILES string of the molecule is CCCc1cc(I)nc(C#N)n1.I. The van der Waals surface area contributed by atoms with Crippen molar-refractivity contribution in [2.24, 2.45) is 0 Å². The summed E-state index contributed by atoms with van der Waals surface area (Å²) in [5.41, 5.74) is 0.952. The van der Waals surface area contributed by atoms with E-state index < -0.39 is 0 Å². The molecule has 0 fully saturated rings. The normalized spacial score (nSPS) is 8.69. The number of aryl methyl sites for hydroxylation is 1. The Kier molecular flexibility index (Phi) is 6.49. The zero-order valence-electron chi connectivity index (χ0n) is 7.12. The third-order valence-corrected chi connectivity index (χ3v) is 1.91. The molecule has 13 heavy (non-hydrogen) atoms. The van der Waals surface area contributed by atoms with E-state index in [1.54, 1.807) is 0 Å². The Morgan fingerprint density at radius 3 is 2.77 bits per heavy atom. The Balaban J connectivity index is 0.00000144. The highest BCUT2D eigenvalue weighted by atomic mass is 127. The van der Waals surface area contributed by atoms with E-state index in [9.17, 15) is 0 Å². The average molecular weight is 401 g/mol. The van der Waals surface area contributed by atoms with Gasteiger partial charge < -0.3 is 0 Å². The van der Waals surface area contributed by atoms with Crippen LogP contribution in [0.2, 0.25) is 0 Å². The molecule has 0 saturated heterocycles. The van der Waals surface area contributed by atoms with E-state index in [0.717, 1.165) is 22.2 Å². The molecule has 0 N–H and O–H groups in total. The molecule has 1 heterocycles. The molecule has 5 heteroatoms. The summed E-state index contributed by atoms with van der Waals surface area (Å²) >= 11 is 2.09. The predicted octanol–water partition coefficient (Wildman–Crippen LogP) is 2.52. The van der Waals surface area contributed by atoms with Crippen molar-refractivity contribution in [3.63, 3.8) is 0 Å². The second-order valence-corrected chi connectivity index (χ2v) is 3.47. The number of nitrogens with zero attached hydrogens (tertiary/aromatic N) is 3. The average Bonchev–Trinajstić information content (AvgIpc) is 2.04. The lowest BCUT2D eigenvalue weighted by molar-refractivity contribution is 0.861.